The summed E-state index contributed by atoms with van der Waals surface area (Å²) in [6.45, 7) is 3.38. The molecule has 0 aliphatic carbocycles. The van der Waals surface area contributed by atoms with Crippen LogP contribution in [-0.2, 0) is 9.59 Å². The fourth-order valence-corrected chi connectivity index (χ4v) is 3.86. The van der Waals surface area contributed by atoms with Crippen LogP contribution in [0, 0.1) is 0 Å². The van der Waals surface area contributed by atoms with Gasteiger partial charge in [-0.05, 0) is 50.3 Å². The number of hydrogen-bond acceptors (Lipinski definition) is 5. The minimum Gasteiger partial charge on any atom is -0.507 e. The van der Waals surface area contributed by atoms with Crippen LogP contribution in [0.3, 0.4) is 0 Å². The molecule has 2 aromatic rings. The highest BCUT2D eigenvalue weighted by molar-refractivity contribution is 6.46. The monoisotopic (exact) mass is 476 g/mol. The number of rotatable bonds is 8. The van der Waals surface area contributed by atoms with E-state index in [2.05, 4.69) is 0 Å². The maximum absolute atomic E-state index is 13.1. The van der Waals surface area contributed by atoms with Gasteiger partial charge in [-0.3, -0.25) is 9.59 Å². The Bertz CT molecular complexity index is 1050. The number of halogens is 2. The molecule has 6 nitrogen and oxygen atoms in total. The number of Topliss-reactive ketones (excluding diaryl/α,β-unsaturated/α-hetero) is 1. The molecule has 1 atom stereocenters. The molecule has 0 aromatic heterocycles. The van der Waals surface area contributed by atoms with Crippen molar-refractivity contribution in [2.45, 2.75) is 19.4 Å². The van der Waals surface area contributed by atoms with Crippen molar-refractivity contribution < 1.29 is 19.4 Å². The van der Waals surface area contributed by atoms with Gasteiger partial charge in [0.25, 0.3) is 11.7 Å². The van der Waals surface area contributed by atoms with E-state index in [-0.39, 0.29) is 11.3 Å². The SMILES string of the molecule is CCCOc1cccc(/C(O)=C2\C(=O)C(=O)N(CCN(C)C)C2c2ccc(Cl)c(Cl)c2)c1. The molecule has 1 amide bonds. The fraction of sp³-hybridized carbons (Fsp3) is 0.333. The number of amides is 1. The van der Waals surface area contributed by atoms with E-state index in [1.54, 1.807) is 42.5 Å². The Morgan fingerprint density at radius 1 is 1.12 bits per heavy atom. The molecule has 1 N–H and O–H groups in total. The molecule has 0 radical (unpaired) electrons. The standard InChI is InChI=1S/C24H26Cl2N2O4/c1-4-12-32-17-7-5-6-16(13-17)22(29)20-21(15-8-9-18(25)19(26)14-15)28(11-10-27(2)3)24(31)23(20)30/h5-9,13-14,21,29H,4,10-12H2,1-3H3/b22-20+. The number of likely N-dealkylation sites (N-methyl/N-ethyl adjacent to an activating group) is 1. The van der Waals surface area contributed by atoms with Crippen LogP contribution in [0.2, 0.25) is 10.0 Å². The molecule has 1 saturated heterocycles. The van der Waals surface area contributed by atoms with Crippen molar-refractivity contribution in [3.05, 3.63) is 69.2 Å². The first-order chi connectivity index (χ1) is 15.2. The van der Waals surface area contributed by atoms with Gasteiger partial charge in [0.1, 0.15) is 11.5 Å². The van der Waals surface area contributed by atoms with Crippen molar-refractivity contribution in [2.24, 2.45) is 0 Å². The van der Waals surface area contributed by atoms with E-state index in [0.29, 0.717) is 46.6 Å². The number of ketones is 1. The Kier molecular flexibility index (Phi) is 7.82. The molecule has 0 spiro atoms. The van der Waals surface area contributed by atoms with Crippen LogP contribution in [0.4, 0.5) is 0 Å². The summed E-state index contributed by atoms with van der Waals surface area (Å²) in [5.74, 6) is -1.09. The normalized spacial score (nSPS) is 17.9. The van der Waals surface area contributed by atoms with Gasteiger partial charge in [-0.1, -0.05) is 48.3 Å². The molecule has 1 unspecified atom stereocenters. The predicted molar refractivity (Wildman–Crippen MR) is 126 cm³/mol. The summed E-state index contributed by atoms with van der Waals surface area (Å²) >= 11 is 12.3. The second-order valence-corrected chi connectivity index (χ2v) is 8.66. The number of hydrogen-bond donors (Lipinski definition) is 1. The van der Waals surface area contributed by atoms with E-state index in [0.717, 1.165) is 6.42 Å². The highest BCUT2D eigenvalue weighted by Crippen LogP contribution is 2.41. The summed E-state index contributed by atoms with van der Waals surface area (Å²) in [7, 11) is 3.76. The van der Waals surface area contributed by atoms with E-state index in [1.807, 2.05) is 25.9 Å². The lowest BCUT2D eigenvalue weighted by Crippen LogP contribution is -2.35. The van der Waals surface area contributed by atoms with Crippen LogP contribution in [0.5, 0.6) is 5.75 Å². The van der Waals surface area contributed by atoms with Gasteiger partial charge in [-0.15, -0.1) is 0 Å². The molecule has 2 aromatic carbocycles. The summed E-state index contributed by atoms with van der Waals surface area (Å²) in [5, 5.41) is 11.8. The van der Waals surface area contributed by atoms with E-state index in [4.69, 9.17) is 27.9 Å². The average molecular weight is 477 g/mol. The number of aliphatic hydroxyl groups is 1. The largest absolute Gasteiger partial charge is 0.507 e. The molecule has 0 bridgehead atoms. The Morgan fingerprint density at radius 3 is 2.53 bits per heavy atom. The Balaban J connectivity index is 2.12. The quantitative estimate of drug-likeness (QED) is 0.337. The molecule has 170 valence electrons. The van der Waals surface area contributed by atoms with Crippen LogP contribution in [0.15, 0.2) is 48.0 Å². The smallest absolute Gasteiger partial charge is 0.295 e. The zero-order valence-corrected chi connectivity index (χ0v) is 19.8. The Hall–Kier alpha value is -2.54. The molecular weight excluding hydrogens is 451 g/mol. The van der Waals surface area contributed by atoms with Gasteiger partial charge in [0.05, 0.1) is 28.3 Å². The van der Waals surface area contributed by atoms with Crippen molar-refractivity contribution in [1.82, 2.24) is 9.80 Å². The summed E-state index contributed by atoms with van der Waals surface area (Å²) in [6, 6.07) is 11.0. The summed E-state index contributed by atoms with van der Waals surface area (Å²) in [4.78, 5) is 29.4. The number of aliphatic hydroxyl groups excluding tert-OH is 1. The zero-order valence-electron chi connectivity index (χ0n) is 18.3. The number of nitrogens with zero attached hydrogens (tertiary/aromatic N) is 2. The molecule has 8 heteroatoms. The van der Waals surface area contributed by atoms with Crippen LogP contribution in [-0.4, -0.2) is 60.4 Å². The molecule has 1 aliphatic rings. The van der Waals surface area contributed by atoms with Gasteiger partial charge in [0, 0.05) is 18.7 Å². The van der Waals surface area contributed by atoms with Gasteiger partial charge in [0.15, 0.2) is 0 Å². The second-order valence-electron chi connectivity index (χ2n) is 7.85. The van der Waals surface area contributed by atoms with Gasteiger partial charge < -0.3 is 19.6 Å². The molecule has 3 rings (SSSR count). The lowest BCUT2D eigenvalue weighted by molar-refractivity contribution is -0.140. The topological polar surface area (TPSA) is 70.1 Å². The molecule has 1 heterocycles. The molecule has 32 heavy (non-hydrogen) atoms. The molecule has 0 saturated carbocycles. The van der Waals surface area contributed by atoms with E-state index in [1.165, 1.54) is 4.90 Å². The number of benzene rings is 2. The van der Waals surface area contributed by atoms with Crippen molar-refractivity contribution >= 4 is 40.7 Å². The van der Waals surface area contributed by atoms with Crippen LogP contribution in [0.25, 0.3) is 5.76 Å². The Morgan fingerprint density at radius 2 is 1.88 bits per heavy atom. The summed E-state index contributed by atoms with van der Waals surface area (Å²) in [5.41, 5.74) is 1.01. The first-order valence-corrected chi connectivity index (χ1v) is 11.1. The van der Waals surface area contributed by atoms with Crippen LogP contribution in [0.1, 0.15) is 30.5 Å². The van der Waals surface area contributed by atoms with Gasteiger partial charge in [-0.2, -0.15) is 0 Å². The zero-order chi connectivity index (χ0) is 23.4. The third kappa shape index (κ3) is 5.09. The first kappa shape index (κ1) is 24.1. The van der Waals surface area contributed by atoms with E-state index in [9.17, 15) is 14.7 Å². The van der Waals surface area contributed by atoms with E-state index >= 15 is 0 Å². The number of ether oxygens (including phenoxy) is 1. The minimum atomic E-state index is -0.787. The number of carbonyl (C=O) groups is 2. The summed E-state index contributed by atoms with van der Waals surface area (Å²) < 4.78 is 5.65. The van der Waals surface area contributed by atoms with Gasteiger partial charge >= 0.3 is 0 Å². The van der Waals surface area contributed by atoms with Crippen LogP contribution >= 0.6 is 23.2 Å². The third-order valence-electron chi connectivity index (χ3n) is 5.17. The highest BCUT2D eigenvalue weighted by atomic mass is 35.5. The minimum absolute atomic E-state index is 0.0137. The van der Waals surface area contributed by atoms with Crippen molar-refractivity contribution in [2.75, 3.05) is 33.8 Å². The fourth-order valence-electron chi connectivity index (χ4n) is 3.56. The van der Waals surface area contributed by atoms with E-state index < -0.39 is 17.7 Å². The molecular formula is C24H26Cl2N2O4. The highest BCUT2D eigenvalue weighted by Gasteiger charge is 2.46. The van der Waals surface area contributed by atoms with Crippen molar-refractivity contribution in [3.63, 3.8) is 0 Å². The lowest BCUT2D eigenvalue weighted by Gasteiger charge is -2.26. The predicted octanol–water partition coefficient (Wildman–Crippen LogP) is 4.77. The van der Waals surface area contributed by atoms with Crippen LogP contribution < -0.4 is 4.74 Å². The third-order valence-corrected chi connectivity index (χ3v) is 5.91. The number of carbonyl (C=O) groups excluding carboxylic acids is 2. The lowest BCUT2D eigenvalue weighted by atomic mass is 9.95. The summed E-state index contributed by atoms with van der Waals surface area (Å²) in [6.07, 6.45) is 0.838. The molecule has 1 fully saturated rings. The maximum Gasteiger partial charge on any atom is 0.295 e. The molecule has 1 aliphatic heterocycles. The van der Waals surface area contributed by atoms with Crippen molar-refractivity contribution in [1.29, 1.82) is 0 Å². The first-order valence-electron chi connectivity index (χ1n) is 10.4. The second kappa shape index (κ2) is 10.4. The number of likely N-dealkylation sites (tertiary alicyclic amines) is 1. The Labute approximate surface area is 198 Å². The average Bonchev–Trinajstić information content (AvgIpc) is 3.02. The van der Waals surface area contributed by atoms with Crippen molar-refractivity contribution in [3.8, 4) is 5.75 Å². The maximum atomic E-state index is 13.1. The van der Waals surface area contributed by atoms with Gasteiger partial charge in [0.2, 0.25) is 0 Å². The van der Waals surface area contributed by atoms with Gasteiger partial charge in [-0.25, -0.2) is 0 Å².